The topological polar surface area (TPSA) is 75.1 Å². The number of nitrogens with zero attached hydrogens (tertiary/aromatic N) is 2. The van der Waals surface area contributed by atoms with Gasteiger partial charge in [-0.15, -0.1) is 5.10 Å². The Morgan fingerprint density at radius 1 is 1.79 bits per heavy atom. The third kappa shape index (κ3) is 3.04. The SMILES string of the molecule is CCC(C)(O)CNC(=O)c1cnns1. The van der Waals surface area contributed by atoms with Crippen molar-refractivity contribution in [3.05, 3.63) is 11.1 Å². The zero-order chi connectivity index (χ0) is 10.6. The van der Waals surface area contributed by atoms with Crippen molar-refractivity contribution in [2.45, 2.75) is 25.9 Å². The molecule has 1 aromatic heterocycles. The molecule has 0 spiro atoms. The molecule has 1 atom stereocenters. The molecular formula is C8H13N3O2S. The zero-order valence-corrected chi connectivity index (χ0v) is 8.97. The molecule has 0 saturated carbocycles. The summed E-state index contributed by atoms with van der Waals surface area (Å²) in [5.74, 6) is -0.242. The van der Waals surface area contributed by atoms with E-state index in [1.165, 1.54) is 6.20 Å². The summed E-state index contributed by atoms with van der Waals surface area (Å²) in [5, 5.41) is 15.8. The number of amides is 1. The number of carbonyl (C=O) groups is 1. The Morgan fingerprint density at radius 3 is 3.00 bits per heavy atom. The molecule has 0 saturated heterocycles. The van der Waals surface area contributed by atoms with Gasteiger partial charge < -0.3 is 10.4 Å². The van der Waals surface area contributed by atoms with Crippen LogP contribution in [-0.2, 0) is 0 Å². The van der Waals surface area contributed by atoms with Gasteiger partial charge in [-0.2, -0.15) is 0 Å². The third-order valence-electron chi connectivity index (χ3n) is 1.98. The Morgan fingerprint density at radius 2 is 2.50 bits per heavy atom. The van der Waals surface area contributed by atoms with Crippen molar-refractivity contribution in [1.29, 1.82) is 0 Å². The summed E-state index contributed by atoms with van der Waals surface area (Å²) in [6.07, 6.45) is 1.99. The van der Waals surface area contributed by atoms with Gasteiger partial charge >= 0.3 is 0 Å². The molecule has 1 rings (SSSR count). The minimum atomic E-state index is -0.853. The second kappa shape index (κ2) is 4.47. The maximum atomic E-state index is 11.4. The summed E-state index contributed by atoms with van der Waals surface area (Å²) in [6.45, 7) is 3.78. The summed E-state index contributed by atoms with van der Waals surface area (Å²) in [5.41, 5.74) is -0.853. The largest absolute Gasteiger partial charge is 0.388 e. The first-order valence-electron chi connectivity index (χ1n) is 4.33. The van der Waals surface area contributed by atoms with Crippen LogP contribution in [0.2, 0.25) is 0 Å². The Kier molecular flexibility index (Phi) is 3.54. The van der Waals surface area contributed by atoms with Crippen molar-refractivity contribution in [1.82, 2.24) is 14.9 Å². The molecule has 0 aliphatic heterocycles. The van der Waals surface area contributed by atoms with Crippen LogP contribution in [0.5, 0.6) is 0 Å². The van der Waals surface area contributed by atoms with Crippen molar-refractivity contribution in [3.8, 4) is 0 Å². The summed E-state index contributed by atoms with van der Waals surface area (Å²) in [6, 6.07) is 0. The Labute approximate surface area is 86.3 Å². The Bertz CT molecular complexity index is 298. The number of rotatable bonds is 4. The second-order valence-corrected chi connectivity index (χ2v) is 4.10. The maximum Gasteiger partial charge on any atom is 0.264 e. The van der Waals surface area contributed by atoms with Gasteiger partial charge in [0.2, 0.25) is 0 Å². The first kappa shape index (κ1) is 11.1. The van der Waals surface area contributed by atoms with Crippen LogP contribution in [0, 0.1) is 0 Å². The smallest absolute Gasteiger partial charge is 0.264 e. The van der Waals surface area contributed by atoms with E-state index in [1.54, 1.807) is 6.92 Å². The molecule has 0 bridgehead atoms. The number of carbonyl (C=O) groups excluding carboxylic acids is 1. The monoisotopic (exact) mass is 215 g/mol. The van der Waals surface area contributed by atoms with E-state index < -0.39 is 5.60 Å². The minimum absolute atomic E-state index is 0.236. The van der Waals surface area contributed by atoms with E-state index in [0.717, 1.165) is 11.5 Å². The number of aliphatic hydroxyl groups is 1. The maximum absolute atomic E-state index is 11.4. The second-order valence-electron chi connectivity index (χ2n) is 3.31. The van der Waals surface area contributed by atoms with Crippen LogP contribution in [-0.4, -0.2) is 32.7 Å². The molecule has 1 unspecified atom stereocenters. The molecule has 1 aromatic rings. The van der Waals surface area contributed by atoms with E-state index in [-0.39, 0.29) is 12.5 Å². The summed E-state index contributed by atoms with van der Waals surface area (Å²) in [4.78, 5) is 11.8. The summed E-state index contributed by atoms with van der Waals surface area (Å²) >= 11 is 1.03. The Balaban J connectivity index is 2.43. The molecule has 14 heavy (non-hydrogen) atoms. The van der Waals surface area contributed by atoms with Gasteiger partial charge in [-0.25, -0.2) is 0 Å². The number of aromatic nitrogens is 2. The minimum Gasteiger partial charge on any atom is -0.388 e. The van der Waals surface area contributed by atoms with E-state index in [0.29, 0.717) is 11.3 Å². The van der Waals surface area contributed by atoms with Crippen LogP contribution in [0.4, 0.5) is 0 Å². The molecular weight excluding hydrogens is 202 g/mol. The van der Waals surface area contributed by atoms with Crippen LogP contribution < -0.4 is 5.32 Å². The van der Waals surface area contributed by atoms with Gasteiger partial charge in [0.15, 0.2) is 0 Å². The quantitative estimate of drug-likeness (QED) is 0.763. The van der Waals surface area contributed by atoms with E-state index in [4.69, 9.17) is 0 Å². The molecule has 2 N–H and O–H groups in total. The fourth-order valence-corrected chi connectivity index (χ4v) is 1.18. The van der Waals surface area contributed by atoms with E-state index in [1.807, 2.05) is 6.92 Å². The van der Waals surface area contributed by atoms with Crippen molar-refractivity contribution >= 4 is 17.4 Å². The first-order chi connectivity index (χ1) is 6.55. The predicted octanol–water partition coefficient (Wildman–Crippen LogP) is 0.429. The van der Waals surface area contributed by atoms with Gasteiger partial charge in [0.1, 0.15) is 4.88 Å². The number of hydrogen-bond donors (Lipinski definition) is 2. The lowest BCUT2D eigenvalue weighted by atomic mass is 10.0. The van der Waals surface area contributed by atoms with Crippen molar-refractivity contribution in [3.63, 3.8) is 0 Å². The normalized spacial score (nSPS) is 14.8. The van der Waals surface area contributed by atoms with Crippen LogP contribution in [0.3, 0.4) is 0 Å². The molecule has 1 amide bonds. The van der Waals surface area contributed by atoms with Gasteiger partial charge in [-0.1, -0.05) is 11.4 Å². The number of hydrogen-bond acceptors (Lipinski definition) is 5. The fraction of sp³-hybridized carbons (Fsp3) is 0.625. The van der Waals surface area contributed by atoms with Gasteiger partial charge in [-0.3, -0.25) is 4.79 Å². The third-order valence-corrected chi connectivity index (χ3v) is 2.64. The lowest BCUT2D eigenvalue weighted by Crippen LogP contribution is -2.39. The molecule has 0 fully saturated rings. The highest BCUT2D eigenvalue weighted by Gasteiger charge is 2.19. The molecule has 0 radical (unpaired) electrons. The fourth-order valence-electron chi connectivity index (χ4n) is 0.750. The van der Waals surface area contributed by atoms with E-state index in [2.05, 4.69) is 14.9 Å². The van der Waals surface area contributed by atoms with E-state index >= 15 is 0 Å². The molecule has 0 aliphatic carbocycles. The Hall–Kier alpha value is -1.01. The van der Waals surface area contributed by atoms with Crippen molar-refractivity contribution in [2.75, 3.05) is 6.54 Å². The molecule has 5 nitrogen and oxygen atoms in total. The summed E-state index contributed by atoms with van der Waals surface area (Å²) in [7, 11) is 0. The van der Waals surface area contributed by atoms with Crippen molar-refractivity contribution < 1.29 is 9.90 Å². The predicted molar refractivity (Wildman–Crippen MR) is 53.2 cm³/mol. The standard InChI is InChI=1S/C8H13N3O2S/c1-3-8(2,13)5-9-7(12)6-4-10-11-14-6/h4,13H,3,5H2,1-2H3,(H,9,12). The average molecular weight is 215 g/mol. The summed E-state index contributed by atoms with van der Waals surface area (Å²) < 4.78 is 3.58. The average Bonchev–Trinajstić information content (AvgIpc) is 2.67. The van der Waals surface area contributed by atoms with Crippen LogP contribution in [0.25, 0.3) is 0 Å². The van der Waals surface area contributed by atoms with Crippen LogP contribution in [0.15, 0.2) is 6.20 Å². The van der Waals surface area contributed by atoms with Crippen molar-refractivity contribution in [2.24, 2.45) is 0 Å². The van der Waals surface area contributed by atoms with Crippen LogP contribution in [0.1, 0.15) is 29.9 Å². The van der Waals surface area contributed by atoms with Crippen LogP contribution >= 0.6 is 11.5 Å². The highest BCUT2D eigenvalue weighted by molar-refractivity contribution is 7.07. The van der Waals surface area contributed by atoms with Gasteiger partial charge in [0.05, 0.1) is 11.8 Å². The van der Waals surface area contributed by atoms with Gasteiger partial charge in [0.25, 0.3) is 5.91 Å². The highest BCUT2D eigenvalue weighted by Crippen LogP contribution is 2.07. The molecule has 1 heterocycles. The zero-order valence-electron chi connectivity index (χ0n) is 8.15. The molecule has 78 valence electrons. The molecule has 0 aliphatic rings. The lowest BCUT2D eigenvalue weighted by Gasteiger charge is -2.21. The van der Waals surface area contributed by atoms with E-state index in [9.17, 15) is 9.90 Å². The van der Waals surface area contributed by atoms with Gasteiger partial charge in [-0.05, 0) is 24.9 Å². The number of nitrogens with one attached hydrogen (secondary N) is 1. The lowest BCUT2D eigenvalue weighted by molar-refractivity contribution is 0.0519. The molecule has 6 heteroatoms. The highest BCUT2D eigenvalue weighted by atomic mass is 32.1. The molecule has 0 aromatic carbocycles. The van der Waals surface area contributed by atoms with Gasteiger partial charge in [0, 0.05) is 6.54 Å². The first-order valence-corrected chi connectivity index (χ1v) is 5.10.